The minimum absolute atomic E-state index is 0.401. The molecule has 0 N–H and O–H groups in total. The standard InChI is InChI=1S/C16H15ClO3S/c1-19-15-11(5-3-8-14(15)16(18)20-2)10-21-13-7-4-6-12(17)9-13/h3-9H,10H2,1-2H3. The molecular formula is C16H15ClO3S. The van der Waals surface area contributed by atoms with Gasteiger partial charge in [-0.3, -0.25) is 0 Å². The Hall–Kier alpha value is -1.65. The van der Waals surface area contributed by atoms with Crippen molar-refractivity contribution in [2.24, 2.45) is 0 Å². The Balaban J connectivity index is 2.22. The molecule has 0 heterocycles. The highest BCUT2D eigenvalue weighted by atomic mass is 35.5. The van der Waals surface area contributed by atoms with Crippen LogP contribution in [0.5, 0.6) is 5.75 Å². The van der Waals surface area contributed by atoms with Crippen LogP contribution in [0.4, 0.5) is 0 Å². The fourth-order valence-electron chi connectivity index (χ4n) is 1.93. The van der Waals surface area contributed by atoms with Crippen molar-refractivity contribution in [2.45, 2.75) is 10.6 Å². The minimum Gasteiger partial charge on any atom is -0.496 e. The summed E-state index contributed by atoms with van der Waals surface area (Å²) in [6.45, 7) is 0. The van der Waals surface area contributed by atoms with E-state index in [-0.39, 0.29) is 0 Å². The van der Waals surface area contributed by atoms with Crippen molar-refractivity contribution in [1.29, 1.82) is 0 Å². The van der Waals surface area contributed by atoms with Gasteiger partial charge in [-0.2, -0.15) is 0 Å². The minimum atomic E-state index is -0.401. The maximum Gasteiger partial charge on any atom is 0.341 e. The van der Waals surface area contributed by atoms with Gasteiger partial charge in [0, 0.05) is 21.2 Å². The molecule has 0 saturated heterocycles. The molecule has 0 aliphatic heterocycles. The van der Waals surface area contributed by atoms with E-state index < -0.39 is 5.97 Å². The molecule has 0 aliphatic rings. The summed E-state index contributed by atoms with van der Waals surface area (Å²) in [5, 5.41) is 0.704. The molecule has 0 radical (unpaired) electrons. The second-order valence-electron chi connectivity index (χ2n) is 4.24. The van der Waals surface area contributed by atoms with Gasteiger partial charge in [0.2, 0.25) is 0 Å². The average molecular weight is 323 g/mol. The molecule has 0 saturated carbocycles. The summed E-state index contributed by atoms with van der Waals surface area (Å²) in [4.78, 5) is 12.8. The van der Waals surface area contributed by atoms with E-state index in [9.17, 15) is 4.79 Å². The van der Waals surface area contributed by atoms with Crippen molar-refractivity contribution < 1.29 is 14.3 Å². The molecule has 2 aromatic carbocycles. The number of halogens is 1. The molecule has 0 unspecified atom stereocenters. The van der Waals surface area contributed by atoms with Crippen LogP contribution in [-0.2, 0) is 10.5 Å². The van der Waals surface area contributed by atoms with Crippen molar-refractivity contribution in [1.82, 2.24) is 0 Å². The summed E-state index contributed by atoms with van der Waals surface area (Å²) >= 11 is 7.60. The second kappa shape index (κ2) is 7.38. The Kier molecular flexibility index (Phi) is 5.53. The number of rotatable bonds is 5. The van der Waals surface area contributed by atoms with Crippen molar-refractivity contribution in [3.8, 4) is 5.75 Å². The molecule has 0 atom stereocenters. The fraction of sp³-hybridized carbons (Fsp3) is 0.188. The zero-order valence-electron chi connectivity index (χ0n) is 11.8. The Bertz CT molecular complexity index is 643. The molecule has 3 nitrogen and oxygen atoms in total. The summed E-state index contributed by atoms with van der Waals surface area (Å²) in [5.41, 5.74) is 1.37. The summed E-state index contributed by atoms with van der Waals surface area (Å²) in [6.07, 6.45) is 0. The van der Waals surface area contributed by atoms with E-state index >= 15 is 0 Å². The summed E-state index contributed by atoms with van der Waals surface area (Å²) in [7, 11) is 2.91. The lowest BCUT2D eigenvalue weighted by atomic mass is 10.1. The molecule has 0 bridgehead atoms. The molecule has 0 fully saturated rings. The number of methoxy groups -OCH3 is 2. The summed E-state index contributed by atoms with van der Waals surface area (Å²) < 4.78 is 10.1. The van der Waals surface area contributed by atoms with Gasteiger partial charge in [0.05, 0.1) is 14.2 Å². The first kappa shape index (κ1) is 15.7. The average Bonchev–Trinajstić information content (AvgIpc) is 2.51. The normalized spacial score (nSPS) is 10.2. The monoisotopic (exact) mass is 322 g/mol. The van der Waals surface area contributed by atoms with Crippen LogP contribution in [0.1, 0.15) is 15.9 Å². The fourth-order valence-corrected chi connectivity index (χ4v) is 3.12. The van der Waals surface area contributed by atoms with Gasteiger partial charge in [-0.15, -0.1) is 11.8 Å². The number of carbonyl (C=O) groups excluding carboxylic acids is 1. The van der Waals surface area contributed by atoms with E-state index in [0.717, 1.165) is 10.5 Å². The highest BCUT2D eigenvalue weighted by molar-refractivity contribution is 7.98. The van der Waals surface area contributed by atoms with Crippen molar-refractivity contribution in [2.75, 3.05) is 14.2 Å². The highest BCUT2D eigenvalue weighted by Crippen LogP contribution is 2.31. The zero-order chi connectivity index (χ0) is 15.2. The quantitative estimate of drug-likeness (QED) is 0.602. The van der Waals surface area contributed by atoms with E-state index in [1.807, 2.05) is 36.4 Å². The van der Waals surface area contributed by atoms with Crippen LogP contribution in [0.25, 0.3) is 0 Å². The molecule has 0 amide bonds. The number of hydrogen-bond acceptors (Lipinski definition) is 4. The van der Waals surface area contributed by atoms with Crippen LogP contribution in [0.2, 0.25) is 5.02 Å². The predicted molar refractivity (Wildman–Crippen MR) is 85.3 cm³/mol. The second-order valence-corrected chi connectivity index (χ2v) is 5.72. The van der Waals surface area contributed by atoms with E-state index in [1.165, 1.54) is 7.11 Å². The molecule has 2 aromatic rings. The first-order valence-electron chi connectivity index (χ1n) is 6.28. The van der Waals surface area contributed by atoms with E-state index in [0.29, 0.717) is 22.1 Å². The smallest absolute Gasteiger partial charge is 0.341 e. The van der Waals surface area contributed by atoms with Crippen molar-refractivity contribution in [3.63, 3.8) is 0 Å². The first-order chi connectivity index (χ1) is 10.2. The number of esters is 1. The topological polar surface area (TPSA) is 35.5 Å². The lowest BCUT2D eigenvalue weighted by Gasteiger charge is -2.12. The van der Waals surface area contributed by atoms with Crippen LogP contribution in [0, 0.1) is 0 Å². The van der Waals surface area contributed by atoms with Gasteiger partial charge in [-0.05, 0) is 24.3 Å². The Morgan fingerprint density at radius 1 is 1.19 bits per heavy atom. The first-order valence-corrected chi connectivity index (χ1v) is 7.64. The van der Waals surface area contributed by atoms with E-state index in [4.69, 9.17) is 21.1 Å². The number of benzene rings is 2. The van der Waals surface area contributed by atoms with E-state index in [1.54, 1.807) is 24.9 Å². The highest BCUT2D eigenvalue weighted by Gasteiger charge is 2.16. The lowest BCUT2D eigenvalue weighted by molar-refractivity contribution is 0.0597. The van der Waals surface area contributed by atoms with Crippen LogP contribution in [-0.4, -0.2) is 20.2 Å². The SMILES string of the molecule is COC(=O)c1cccc(CSc2cccc(Cl)c2)c1OC. The molecule has 0 aromatic heterocycles. The maximum atomic E-state index is 11.7. The molecule has 5 heteroatoms. The predicted octanol–water partition coefficient (Wildman–Crippen LogP) is 4.43. The molecular weight excluding hydrogens is 308 g/mol. The van der Waals surface area contributed by atoms with Crippen molar-refractivity contribution >= 4 is 29.3 Å². The number of para-hydroxylation sites is 1. The van der Waals surface area contributed by atoms with Gasteiger partial charge < -0.3 is 9.47 Å². The van der Waals surface area contributed by atoms with Gasteiger partial charge in [-0.25, -0.2) is 4.79 Å². The number of ether oxygens (including phenoxy) is 2. The summed E-state index contributed by atoms with van der Waals surface area (Å²) in [5.74, 6) is 0.828. The van der Waals surface area contributed by atoms with Gasteiger partial charge in [0.1, 0.15) is 11.3 Å². The summed E-state index contributed by atoms with van der Waals surface area (Å²) in [6, 6.07) is 13.1. The largest absolute Gasteiger partial charge is 0.496 e. The molecule has 110 valence electrons. The van der Waals surface area contributed by atoms with Crippen LogP contribution < -0.4 is 4.74 Å². The number of carbonyl (C=O) groups is 1. The van der Waals surface area contributed by atoms with Crippen LogP contribution in [0.3, 0.4) is 0 Å². The third-order valence-corrected chi connectivity index (χ3v) is 4.17. The lowest BCUT2D eigenvalue weighted by Crippen LogP contribution is -2.05. The van der Waals surface area contributed by atoms with Crippen molar-refractivity contribution in [3.05, 3.63) is 58.6 Å². The molecule has 0 spiro atoms. The molecule has 21 heavy (non-hydrogen) atoms. The maximum absolute atomic E-state index is 11.7. The Morgan fingerprint density at radius 3 is 2.62 bits per heavy atom. The van der Waals surface area contributed by atoms with Gasteiger partial charge >= 0.3 is 5.97 Å². The van der Waals surface area contributed by atoms with Crippen LogP contribution in [0.15, 0.2) is 47.4 Å². The zero-order valence-corrected chi connectivity index (χ0v) is 13.3. The Morgan fingerprint density at radius 2 is 1.95 bits per heavy atom. The van der Waals surface area contributed by atoms with Gasteiger partial charge in [-0.1, -0.05) is 29.8 Å². The third-order valence-electron chi connectivity index (χ3n) is 2.90. The molecule has 2 rings (SSSR count). The van der Waals surface area contributed by atoms with Gasteiger partial charge in [0.15, 0.2) is 0 Å². The number of hydrogen-bond donors (Lipinski definition) is 0. The number of thioether (sulfide) groups is 1. The van der Waals surface area contributed by atoms with Crippen LogP contribution >= 0.6 is 23.4 Å². The van der Waals surface area contributed by atoms with Gasteiger partial charge in [0.25, 0.3) is 0 Å². The van der Waals surface area contributed by atoms with E-state index in [2.05, 4.69) is 0 Å². The molecule has 0 aliphatic carbocycles. The third kappa shape index (κ3) is 3.93. The Labute approximate surface area is 133 Å².